The second-order valence-electron chi connectivity index (χ2n) is 14.5. The van der Waals surface area contributed by atoms with Crippen LogP contribution in [-0.2, 0) is 30.8 Å². The number of benzene rings is 3. The number of rotatable bonds is 16. The fraction of sp³-hybridized carbons (Fsp3) is 0.395. The number of halogens is 7. The Labute approximate surface area is 341 Å². The van der Waals surface area contributed by atoms with Crippen LogP contribution in [0.3, 0.4) is 0 Å². The maximum Gasteiger partial charge on any atom is 0.430 e. The Balaban J connectivity index is 0.00000117. The Bertz CT molecular complexity index is 2170. The minimum atomic E-state index is -5.19. The molecule has 1 N–H and O–H groups in total. The first-order valence-electron chi connectivity index (χ1n) is 17.3. The number of sulfonamides is 1. The van der Waals surface area contributed by atoms with E-state index in [0.717, 1.165) is 40.3 Å². The van der Waals surface area contributed by atoms with Gasteiger partial charge in [-0.15, -0.1) is 0 Å². The minimum Gasteiger partial charge on any atom is -0.542 e. The monoisotopic (exact) mass is 880 g/mol. The average Bonchev–Trinajstić information content (AvgIpc) is 3.55. The fourth-order valence-electron chi connectivity index (χ4n) is 5.55. The zero-order chi connectivity index (χ0) is 44.0. The molecule has 58 heavy (non-hydrogen) atoms. The third-order valence-electron chi connectivity index (χ3n) is 8.87. The topological polar surface area (TPSA) is 142 Å². The summed E-state index contributed by atoms with van der Waals surface area (Å²) in [6.07, 6.45) is -2.59. The number of aromatic nitrogens is 2. The first-order chi connectivity index (χ1) is 26.7. The van der Waals surface area contributed by atoms with Crippen molar-refractivity contribution in [2.24, 2.45) is 0 Å². The van der Waals surface area contributed by atoms with Gasteiger partial charge in [0, 0.05) is 29.0 Å². The van der Waals surface area contributed by atoms with Crippen LogP contribution < -0.4 is 9.84 Å². The van der Waals surface area contributed by atoms with E-state index in [0.29, 0.717) is 44.6 Å². The number of imidazole rings is 1. The summed E-state index contributed by atoms with van der Waals surface area (Å²) >= 11 is 7.28. The molecular formula is C38H43ClF6N4O7S2. The SMILES string of the molecule is COc1cc(C(C)(C)c2cnc(SCc3c(F)cc(S(=O)(=O)N(CCCC[N+](C)(C)C)[C@H](C)C(=O)O)cc3F)n2-c2ccc(F)cc2)ccc1Cl.O=C([O-])C(F)(F)F. The van der Waals surface area contributed by atoms with Crippen LogP contribution in [-0.4, -0.2) is 97.4 Å². The summed E-state index contributed by atoms with van der Waals surface area (Å²) in [5.74, 6) is -6.85. The third kappa shape index (κ3) is 12.1. The maximum atomic E-state index is 15.6. The number of carbonyl (C=O) groups excluding carboxylic acids is 1. The lowest BCUT2D eigenvalue weighted by molar-refractivity contribution is -0.870. The molecule has 0 radical (unpaired) electrons. The van der Waals surface area contributed by atoms with Gasteiger partial charge in [0.05, 0.1) is 56.6 Å². The molecule has 318 valence electrons. The van der Waals surface area contributed by atoms with Gasteiger partial charge in [0.15, 0.2) is 5.16 Å². The molecule has 20 heteroatoms. The Morgan fingerprint density at radius 2 is 1.59 bits per heavy atom. The number of nitrogens with zero attached hydrogens (tertiary/aromatic N) is 4. The lowest BCUT2D eigenvalue weighted by Gasteiger charge is -2.28. The van der Waals surface area contributed by atoms with Gasteiger partial charge in [-0.3, -0.25) is 9.36 Å². The zero-order valence-corrected chi connectivity index (χ0v) is 34.9. The van der Waals surface area contributed by atoms with Crippen LogP contribution in [0.2, 0.25) is 5.02 Å². The van der Waals surface area contributed by atoms with Crippen molar-refractivity contribution in [1.82, 2.24) is 13.9 Å². The van der Waals surface area contributed by atoms with Crippen molar-refractivity contribution in [1.29, 1.82) is 0 Å². The van der Waals surface area contributed by atoms with Crippen LogP contribution >= 0.6 is 23.4 Å². The highest BCUT2D eigenvalue weighted by atomic mass is 35.5. The number of hydrogen-bond donors (Lipinski definition) is 1. The average molecular weight is 881 g/mol. The molecule has 0 aliphatic rings. The Morgan fingerprint density at radius 3 is 2.09 bits per heavy atom. The number of carbonyl (C=O) groups is 2. The van der Waals surface area contributed by atoms with E-state index in [1.807, 2.05) is 41.1 Å². The zero-order valence-electron chi connectivity index (χ0n) is 32.5. The van der Waals surface area contributed by atoms with Crippen LogP contribution in [0, 0.1) is 17.5 Å². The second kappa shape index (κ2) is 19.2. The molecule has 0 spiro atoms. The molecule has 0 bridgehead atoms. The van der Waals surface area contributed by atoms with Gasteiger partial charge in [0.2, 0.25) is 10.0 Å². The van der Waals surface area contributed by atoms with E-state index in [4.69, 9.17) is 26.2 Å². The molecule has 1 heterocycles. The molecule has 0 saturated heterocycles. The van der Waals surface area contributed by atoms with Crippen LogP contribution in [0.25, 0.3) is 5.69 Å². The molecular weight excluding hydrogens is 838 g/mol. The molecule has 1 aromatic heterocycles. The van der Waals surface area contributed by atoms with Crippen molar-refractivity contribution in [2.45, 2.75) is 67.1 Å². The van der Waals surface area contributed by atoms with Crippen LogP contribution in [0.15, 0.2) is 70.8 Å². The van der Waals surface area contributed by atoms with E-state index < -0.39 is 67.5 Å². The number of quaternary nitrogens is 1. The molecule has 11 nitrogen and oxygen atoms in total. The summed E-state index contributed by atoms with van der Waals surface area (Å²) in [7, 11) is 2.87. The molecule has 0 amide bonds. The molecule has 0 aliphatic carbocycles. The first-order valence-corrected chi connectivity index (χ1v) is 20.1. The number of hydrogen-bond acceptors (Lipinski definition) is 8. The number of carboxylic acid groups (broad SMARTS) is 2. The van der Waals surface area contributed by atoms with E-state index in [2.05, 4.69) is 4.98 Å². The number of alkyl halides is 3. The number of carboxylic acids is 2. The third-order valence-corrected chi connectivity index (χ3v) is 12.1. The van der Waals surface area contributed by atoms with E-state index in [1.165, 1.54) is 26.2 Å². The summed E-state index contributed by atoms with van der Waals surface area (Å²) in [4.78, 5) is 24.5. The maximum absolute atomic E-state index is 15.6. The van der Waals surface area contributed by atoms with Gasteiger partial charge >= 0.3 is 12.1 Å². The molecule has 1 atom stereocenters. The molecule has 3 aromatic carbocycles. The van der Waals surface area contributed by atoms with Crippen molar-refractivity contribution in [3.63, 3.8) is 0 Å². The highest BCUT2D eigenvalue weighted by Gasteiger charge is 2.35. The molecule has 0 saturated carbocycles. The lowest BCUT2D eigenvalue weighted by Crippen LogP contribution is -2.44. The summed E-state index contributed by atoms with van der Waals surface area (Å²) in [6.45, 7) is 5.72. The van der Waals surface area contributed by atoms with Crippen molar-refractivity contribution < 1.29 is 63.8 Å². The highest BCUT2D eigenvalue weighted by molar-refractivity contribution is 7.98. The van der Waals surface area contributed by atoms with Gasteiger partial charge in [-0.1, -0.05) is 43.3 Å². The van der Waals surface area contributed by atoms with E-state index in [-0.39, 0.29) is 12.3 Å². The second-order valence-corrected chi connectivity index (χ2v) is 17.7. The largest absolute Gasteiger partial charge is 0.542 e. The van der Waals surface area contributed by atoms with Gasteiger partial charge in [0.25, 0.3) is 0 Å². The molecule has 0 unspecified atom stereocenters. The number of aliphatic carboxylic acids is 2. The number of thioether (sulfide) groups is 1. The summed E-state index contributed by atoms with van der Waals surface area (Å²) in [5, 5.41) is 19.2. The number of methoxy groups -OCH3 is 1. The molecule has 0 aliphatic heterocycles. The van der Waals surface area contributed by atoms with Crippen molar-refractivity contribution in [3.05, 3.63) is 100 Å². The van der Waals surface area contributed by atoms with Gasteiger partial charge in [-0.25, -0.2) is 26.6 Å². The molecule has 4 aromatic rings. The van der Waals surface area contributed by atoms with Crippen molar-refractivity contribution in [3.8, 4) is 11.4 Å². The van der Waals surface area contributed by atoms with Gasteiger partial charge in [-0.2, -0.15) is 17.5 Å². The summed E-state index contributed by atoms with van der Waals surface area (Å²) < 4.78 is 113. The molecule has 4 rings (SSSR count). The normalized spacial score (nSPS) is 12.9. The first kappa shape index (κ1) is 48.1. The highest BCUT2D eigenvalue weighted by Crippen LogP contribution is 2.39. The van der Waals surface area contributed by atoms with Crippen molar-refractivity contribution in [2.75, 3.05) is 41.3 Å². The summed E-state index contributed by atoms with van der Waals surface area (Å²) in [6, 6.07) is 11.1. The van der Waals surface area contributed by atoms with Gasteiger partial charge in [-0.05, 0) is 73.9 Å². The van der Waals surface area contributed by atoms with Gasteiger partial charge < -0.3 is 24.2 Å². The Hall–Kier alpha value is -4.30. The van der Waals surface area contributed by atoms with E-state index >= 15 is 8.78 Å². The van der Waals surface area contributed by atoms with Gasteiger partial charge in [0.1, 0.15) is 35.2 Å². The predicted molar refractivity (Wildman–Crippen MR) is 204 cm³/mol. The van der Waals surface area contributed by atoms with E-state index in [9.17, 15) is 35.9 Å². The van der Waals surface area contributed by atoms with Crippen LogP contribution in [0.1, 0.15) is 50.4 Å². The minimum absolute atomic E-state index is 0.135. The summed E-state index contributed by atoms with van der Waals surface area (Å²) in [5.41, 5.74) is 0.957. The van der Waals surface area contributed by atoms with Crippen molar-refractivity contribution >= 4 is 45.3 Å². The van der Waals surface area contributed by atoms with Crippen LogP contribution in [0.5, 0.6) is 5.75 Å². The van der Waals surface area contributed by atoms with E-state index in [1.54, 1.807) is 35.0 Å². The predicted octanol–water partition coefficient (Wildman–Crippen LogP) is 6.82. The Morgan fingerprint density at radius 1 is 1.02 bits per heavy atom. The Kier molecular flexibility index (Phi) is 15.9. The fourth-order valence-corrected chi connectivity index (χ4v) is 8.41. The lowest BCUT2D eigenvalue weighted by atomic mass is 9.81. The van der Waals surface area contributed by atoms with Crippen LogP contribution in [0.4, 0.5) is 26.3 Å². The quantitative estimate of drug-likeness (QED) is 0.0556. The smallest absolute Gasteiger partial charge is 0.430 e. The number of unbranched alkanes of at least 4 members (excludes halogenated alkanes) is 1. The number of ether oxygens (including phenoxy) is 1. The molecule has 0 fully saturated rings. The standard InChI is InChI=1S/C36H42ClF3N4O5S2.C2HF3O2/c1-23(34(45)46)42(16-8-9-17-44(4,5)6)51(47,48)27-19-30(39)28(31(40)20-27)22-50-35-41-21-33(43(35)26-13-11-25(38)12-14-26)36(2,3)24-10-15-29(37)32(18-24)49-7;3-2(4,5)1(6)7/h10-15,18-21,23H,8-9,16-17,22H2,1-7H3;(H,6,7)/t23-;/m1./s1.